The van der Waals surface area contributed by atoms with Crippen molar-refractivity contribution in [3.8, 4) is 0 Å². The summed E-state index contributed by atoms with van der Waals surface area (Å²) in [7, 11) is 0. The highest BCUT2D eigenvalue weighted by Crippen LogP contribution is 2.31. The molecule has 3 N–H and O–H groups in total. The van der Waals surface area contributed by atoms with E-state index in [9.17, 15) is 14.7 Å². The molecule has 27 heavy (non-hydrogen) atoms. The molecule has 140 valence electrons. The maximum atomic E-state index is 12.8. The Morgan fingerprint density at radius 1 is 1.19 bits per heavy atom. The number of pyridine rings is 1. The van der Waals surface area contributed by atoms with Gasteiger partial charge in [-0.1, -0.05) is 6.07 Å². The number of carbonyl (C=O) groups is 2. The predicted octanol–water partition coefficient (Wildman–Crippen LogP) is 2.03. The standard InChI is InChI=1S/C20H22N4O3/c25-18-12-22-15-5-4-14(11-17(15)23-18)20(27)24-9-6-13(7-10-24)19(26)16-3-1-2-8-21-16/h1-5,8,11,13,19,22,26H,6-7,9-10,12H2,(H,23,25)/t19-/m1/s1. The van der Waals surface area contributed by atoms with E-state index in [2.05, 4.69) is 15.6 Å². The van der Waals surface area contributed by atoms with Crippen molar-refractivity contribution in [2.24, 2.45) is 5.92 Å². The third-order valence-corrected chi connectivity index (χ3v) is 5.24. The fourth-order valence-corrected chi connectivity index (χ4v) is 3.70. The van der Waals surface area contributed by atoms with Crippen LogP contribution in [0.5, 0.6) is 0 Å². The minimum Gasteiger partial charge on any atom is -0.387 e. The highest BCUT2D eigenvalue weighted by Gasteiger charge is 2.29. The molecule has 1 aromatic carbocycles. The lowest BCUT2D eigenvalue weighted by atomic mass is 9.89. The van der Waals surface area contributed by atoms with Crippen LogP contribution in [0.3, 0.4) is 0 Å². The Kier molecular flexibility index (Phi) is 4.77. The van der Waals surface area contributed by atoms with Gasteiger partial charge < -0.3 is 20.6 Å². The fourth-order valence-electron chi connectivity index (χ4n) is 3.70. The summed E-state index contributed by atoms with van der Waals surface area (Å²) in [6, 6.07) is 10.8. The lowest BCUT2D eigenvalue weighted by Gasteiger charge is -2.34. The van der Waals surface area contributed by atoms with E-state index in [1.807, 2.05) is 24.3 Å². The second kappa shape index (κ2) is 7.36. The van der Waals surface area contributed by atoms with Gasteiger partial charge in [0.1, 0.15) is 0 Å². The van der Waals surface area contributed by atoms with Crippen molar-refractivity contribution >= 4 is 23.2 Å². The number of rotatable bonds is 3. The van der Waals surface area contributed by atoms with E-state index in [0.717, 1.165) is 18.5 Å². The SMILES string of the molecule is O=C1CNc2ccc(C(=O)N3CCC([C@@H](O)c4ccccn4)CC3)cc2N1. The number of benzene rings is 1. The monoisotopic (exact) mass is 366 g/mol. The second-order valence-corrected chi connectivity index (χ2v) is 6.99. The van der Waals surface area contributed by atoms with Gasteiger partial charge in [0, 0.05) is 24.8 Å². The molecular weight excluding hydrogens is 344 g/mol. The lowest BCUT2D eigenvalue weighted by Crippen LogP contribution is -2.40. The van der Waals surface area contributed by atoms with Gasteiger partial charge in [-0.15, -0.1) is 0 Å². The van der Waals surface area contributed by atoms with Crippen molar-refractivity contribution in [1.29, 1.82) is 0 Å². The van der Waals surface area contributed by atoms with Crippen LogP contribution in [0.4, 0.5) is 11.4 Å². The summed E-state index contributed by atoms with van der Waals surface area (Å²) in [6.45, 7) is 1.43. The molecule has 4 rings (SSSR count). The van der Waals surface area contributed by atoms with E-state index >= 15 is 0 Å². The van der Waals surface area contributed by atoms with Crippen LogP contribution in [-0.4, -0.2) is 46.4 Å². The molecule has 0 bridgehead atoms. The van der Waals surface area contributed by atoms with E-state index in [0.29, 0.717) is 30.0 Å². The Morgan fingerprint density at radius 3 is 2.74 bits per heavy atom. The number of aliphatic hydroxyl groups excluding tert-OH is 1. The van der Waals surface area contributed by atoms with Crippen LogP contribution in [0.15, 0.2) is 42.6 Å². The quantitative estimate of drug-likeness (QED) is 0.773. The van der Waals surface area contributed by atoms with Crippen LogP contribution in [-0.2, 0) is 4.79 Å². The van der Waals surface area contributed by atoms with Crippen LogP contribution >= 0.6 is 0 Å². The van der Waals surface area contributed by atoms with Gasteiger partial charge >= 0.3 is 0 Å². The number of anilines is 2. The number of nitrogens with zero attached hydrogens (tertiary/aromatic N) is 2. The molecule has 0 aliphatic carbocycles. The van der Waals surface area contributed by atoms with E-state index in [-0.39, 0.29) is 24.3 Å². The second-order valence-electron chi connectivity index (χ2n) is 6.99. The number of hydrogen-bond donors (Lipinski definition) is 3. The Bertz CT molecular complexity index is 848. The first kappa shape index (κ1) is 17.5. The molecular formula is C20H22N4O3. The highest BCUT2D eigenvalue weighted by atomic mass is 16.3. The summed E-state index contributed by atoms with van der Waals surface area (Å²) in [5, 5.41) is 16.3. The molecule has 2 amide bonds. The molecule has 2 aliphatic heterocycles. The lowest BCUT2D eigenvalue weighted by molar-refractivity contribution is -0.114. The van der Waals surface area contributed by atoms with E-state index in [1.165, 1.54) is 0 Å². The smallest absolute Gasteiger partial charge is 0.253 e. The summed E-state index contributed by atoms with van der Waals surface area (Å²) in [4.78, 5) is 30.4. The van der Waals surface area contributed by atoms with Gasteiger partial charge in [-0.05, 0) is 49.1 Å². The number of aromatic nitrogens is 1. The molecule has 1 atom stereocenters. The topological polar surface area (TPSA) is 94.6 Å². The Labute approximate surface area is 157 Å². The summed E-state index contributed by atoms with van der Waals surface area (Å²) < 4.78 is 0. The molecule has 3 heterocycles. The van der Waals surface area contributed by atoms with Gasteiger partial charge in [0.25, 0.3) is 5.91 Å². The zero-order valence-electron chi connectivity index (χ0n) is 14.9. The first-order valence-corrected chi connectivity index (χ1v) is 9.18. The molecule has 0 radical (unpaired) electrons. The minimum atomic E-state index is -0.603. The molecule has 1 aromatic heterocycles. The minimum absolute atomic E-state index is 0.0524. The zero-order valence-corrected chi connectivity index (χ0v) is 14.9. The van der Waals surface area contributed by atoms with Gasteiger partial charge in [0.2, 0.25) is 5.91 Å². The number of carbonyl (C=O) groups excluding carboxylic acids is 2. The molecule has 0 unspecified atom stereocenters. The van der Waals surface area contributed by atoms with Crippen molar-refractivity contribution in [3.63, 3.8) is 0 Å². The van der Waals surface area contributed by atoms with E-state index in [1.54, 1.807) is 23.2 Å². The van der Waals surface area contributed by atoms with Crippen LogP contribution in [0.2, 0.25) is 0 Å². The van der Waals surface area contributed by atoms with Gasteiger partial charge in [-0.2, -0.15) is 0 Å². The van der Waals surface area contributed by atoms with Crippen LogP contribution in [0, 0.1) is 5.92 Å². The third kappa shape index (κ3) is 3.64. The summed E-state index contributed by atoms with van der Waals surface area (Å²) >= 11 is 0. The van der Waals surface area contributed by atoms with Crippen molar-refractivity contribution < 1.29 is 14.7 Å². The van der Waals surface area contributed by atoms with Crippen molar-refractivity contribution in [2.45, 2.75) is 18.9 Å². The van der Waals surface area contributed by atoms with Gasteiger partial charge in [-0.3, -0.25) is 14.6 Å². The number of amides is 2. The normalized spacial score (nSPS) is 18.3. The average Bonchev–Trinajstić information content (AvgIpc) is 2.73. The summed E-state index contributed by atoms with van der Waals surface area (Å²) in [5.41, 5.74) is 2.70. The van der Waals surface area contributed by atoms with Crippen LogP contribution < -0.4 is 10.6 Å². The molecule has 2 aromatic rings. The summed E-state index contributed by atoms with van der Waals surface area (Å²) in [5.74, 6) is -0.0733. The molecule has 7 nitrogen and oxygen atoms in total. The van der Waals surface area contributed by atoms with E-state index < -0.39 is 6.10 Å². The third-order valence-electron chi connectivity index (χ3n) is 5.24. The van der Waals surface area contributed by atoms with Crippen LogP contribution in [0.25, 0.3) is 0 Å². The highest BCUT2D eigenvalue weighted by molar-refractivity contribution is 6.03. The first-order chi connectivity index (χ1) is 13.1. The number of hydrogen-bond acceptors (Lipinski definition) is 5. The first-order valence-electron chi connectivity index (χ1n) is 9.18. The van der Waals surface area contributed by atoms with Gasteiger partial charge in [-0.25, -0.2) is 0 Å². The van der Waals surface area contributed by atoms with Crippen molar-refractivity contribution in [3.05, 3.63) is 53.9 Å². The van der Waals surface area contributed by atoms with E-state index in [4.69, 9.17) is 0 Å². The molecule has 1 fully saturated rings. The maximum Gasteiger partial charge on any atom is 0.253 e. The van der Waals surface area contributed by atoms with Gasteiger partial charge in [0.05, 0.1) is 29.7 Å². The fraction of sp³-hybridized carbons (Fsp3) is 0.350. The summed E-state index contributed by atoms with van der Waals surface area (Å²) in [6.07, 6.45) is 2.54. The maximum absolute atomic E-state index is 12.8. The number of nitrogens with one attached hydrogen (secondary N) is 2. The Hall–Kier alpha value is -2.93. The molecule has 7 heteroatoms. The Balaban J connectivity index is 1.40. The number of piperidine rings is 1. The molecule has 1 saturated heterocycles. The molecule has 2 aliphatic rings. The number of aliphatic hydroxyl groups is 1. The van der Waals surface area contributed by atoms with Crippen molar-refractivity contribution in [2.75, 3.05) is 30.3 Å². The number of fused-ring (bicyclic) bond motifs is 1. The van der Waals surface area contributed by atoms with Gasteiger partial charge in [0.15, 0.2) is 0 Å². The largest absolute Gasteiger partial charge is 0.387 e. The molecule has 0 saturated carbocycles. The zero-order chi connectivity index (χ0) is 18.8. The average molecular weight is 366 g/mol. The molecule has 0 spiro atoms. The predicted molar refractivity (Wildman–Crippen MR) is 101 cm³/mol. The van der Waals surface area contributed by atoms with Crippen LogP contribution in [0.1, 0.15) is 35.0 Å². The number of likely N-dealkylation sites (tertiary alicyclic amines) is 1. The Morgan fingerprint density at radius 2 is 2.00 bits per heavy atom. The van der Waals surface area contributed by atoms with Crippen molar-refractivity contribution in [1.82, 2.24) is 9.88 Å².